The number of hydrogen-bond acceptors (Lipinski definition) is 3. The number of rotatable bonds is 3. The molecule has 4 nitrogen and oxygen atoms in total. The molecular formula is C9H11FN2O2. The summed E-state index contributed by atoms with van der Waals surface area (Å²) < 4.78 is 17.3. The predicted molar refractivity (Wildman–Crippen MR) is 49.5 cm³/mol. The number of halogens is 1. The van der Waals surface area contributed by atoms with E-state index >= 15 is 0 Å². The summed E-state index contributed by atoms with van der Waals surface area (Å²) in [6.45, 7) is 2.23. The molecule has 1 aromatic heterocycles. The molecular weight excluding hydrogens is 187 g/mol. The summed E-state index contributed by atoms with van der Waals surface area (Å²) in [6.07, 6.45) is 2.55. The van der Waals surface area contributed by atoms with Crippen molar-refractivity contribution in [1.29, 1.82) is 0 Å². The van der Waals surface area contributed by atoms with Gasteiger partial charge in [-0.2, -0.15) is 0 Å². The lowest BCUT2D eigenvalue weighted by molar-refractivity contribution is 0.161. The lowest BCUT2D eigenvalue weighted by Gasteiger charge is -2.04. The second kappa shape index (κ2) is 5.16. The van der Waals surface area contributed by atoms with Gasteiger partial charge in [-0.3, -0.25) is 10.3 Å². The average Bonchev–Trinajstić information content (AvgIpc) is 2.15. The summed E-state index contributed by atoms with van der Waals surface area (Å²) in [6, 6.07) is 1.17. The smallest absolute Gasteiger partial charge is 0.411 e. The summed E-state index contributed by atoms with van der Waals surface area (Å²) in [5, 5.41) is 2.35. The molecule has 0 aliphatic rings. The van der Waals surface area contributed by atoms with E-state index in [0.29, 0.717) is 6.61 Å². The molecule has 0 aromatic carbocycles. The molecule has 1 amide bonds. The standard InChI is InChI=1S/C9H11FN2O2/c1-2-3-14-9(13)12-8-4-7(10)5-11-6-8/h4-6H,2-3H2,1H3,(H,12,13). The molecule has 0 bridgehead atoms. The minimum absolute atomic E-state index is 0.283. The second-order valence-corrected chi connectivity index (χ2v) is 2.65. The molecule has 1 aromatic rings. The Bertz CT molecular complexity index is 317. The monoisotopic (exact) mass is 198 g/mol. The van der Waals surface area contributed by atoms with Crippen molar-refractivity contribution in [2.24, 2.45) is 0 Å². The van der Waals surface area contributed by atoms with E-state index < -0.39 is 11.9 Å². The molecule has 0 spiro atoms. The van der Waals surface area contributed by atoms with Crippen LogP contribution in [0.1, 0.15) is 13.3 Å². The molecule has 0 aliphatic carbocycles. The molecule has 5 heteroatoms. The van der Waals surface area contributed by atoms with Gasteiger partial charge in [-0.1, -0.05) is 6.92 Å². The fourth-order valence-corrected chi connectivity index (χ4v) is 0.829. The Balaban J connectivity index is 2.47. The second-order valence-electron chi connectivity index (χ2n) is 2.65. The summed E-state index contributed by atoms with van der Waals surface area (Å²) >= 11 is 0. The lowest BCUT2D eigenvalue weighted by Crippen LogP contribution is -2.14. The lowest BCUT2D eigenvalue weighted by atomic mass is 10.4. The van der Waals surface area contributed by atoms with E-state index in [2.05, 4.69) is 10.3 Å². The van der Waals surface area contributed by atoms with Gasteiger partial charge in [0.2, 0.25) is 0 Å². The number of nitrogens with zero attached hydrogens (tertiary/aromatic N) is 1. The highest BCUT2D eigenvalue weighted by Crippen LogP contribution is 2.06. The first-order valence-electron chi connectivity index (χ1n) is 4.26. The third-order valence-corrected chi connectivity index (χ3v) is 1.39. The number of carbonyl (C=O) groups is 1. The minimum Gasteiger partial charge on any atom is -0.449 e. The third-order valence-electron chi connectivity index (χ3n) is 1.39. The van der Waals surface area contributed by atoms with E-state index in [0.717, 1.165) is 12.6 Å². The van der Waals surface area contributed by atoms with Gasteiger partial charge in [-0.05, 0) is 6.42 Å². The van der Waals surface area contributed by atoms with Crippen LogP contribution in [-0.2, 0) is 4.74 Å². The fourth-order valence-electron chi connectivity index (χ4n) is 0.829. The van der Waals surface area contributed by atoms with Gasteiger partial charge >= 0.3 is 6.09 Å². The van der Waals surface area contributed by atoms with Crippen molar-refractivity contribution in [2.45, 2.75) is 13.3 Å². The number of aromatic nitrogens is 1. The normalized spacial score (nSPS) is 9.57. The molecule has 76 valence electrons. The van der Waals surface area contributed by atoms with Crippen LogP contribution in [0.3, 0.4) is 0 Å². The molecule has 0 aliphatic heterocycles. The Labute approximate surface area is 81.1 Å². The highest BCUT2D eigenvalue weighted by Gasteiger charge is 2.02. The number of carbonyl (C=O) groups excluding carboxylic acids is 1. The number of anilines is 1. The molecule has 0 saturated heterocycles. The van der Waals surface area contributed by atoms with Crippen LogP contribution in [0.5, 0.6) is 0 Å². The maximum atomic E-state index is 12.6. The van der Waals surface area contributed by atoms with E-state index in [1.807, 2.05) is 6.92 Å². The zero-order chi connectivity index (χ0) is 10.4. The first-order chi connectivity index (χ1) is 6.72. The highest BCUT2D eigenvalue weighted by atomic mass is 19.1. The quantitative estimate of drug-likeness (QED) is 0.809. The Kier molecular flexibility index (Phi) is 3.84. The van der Waals surface area contributed by atoms with Gasteiger partial charge in [0, 0.05) is 6.07 Å². The first-order valence-corrected chi connectivity index (χ1v) is 4.26. The predicted octanol–water partition coefficient (Wildman–Crippen LogP) is 2.18. The van der Waals surface area contributed by atoms with Gasteiger partial charge < -0.3 is 4.74 Å². The number of nitrogens with one attached hydrogen (secondary N) is 1. The summed E-state index contributed by atoms with van der Waals surface area (Å²) in [4.78, 5) is 14.6. The van der Waals surface area contributed by atoms with E-state index in [1.165, 1.54) is 12.3 Å². The van der Waals surface area contributed by atoms with Gasteiger partial charge in [0.15, 0.2) is 0 Å². The molecule has 0 fully saturated rings. The van der Waals surface area contributed by atoms with Crippen LogP contribution in [0.25, 0.3) is 0 Å². The van der Waals surface area contributed by atoms with Gasteiger partial charge in [0.05, 0.1) is 24.7 Å². The van der Waals surface area contributed by atoms with Gasteiger partial charge in [0.1, 0.15) is 5.82 Å². The number of pyridine rings is 1. The van der Waals surface area contributed by atoms with Crippen LogP contribution in [0.2, 0.25) is 0 Å². The Morgan fingerprint density at radius 2 is 2.43 bits per heavy atom. The Hall–Kier alpha value is -1.65. The summed E-state index contributed by atoms with van der Waals surface area (Å²) in [5.41, 5.74) is 0.283. The molecule has 1 heterocycles. The number of amides is 1. The molecule has 0 radical (unpaired) electrons. The molecule has 1 rings (SSSR count). The SMILES string of the molecule is CCCOC(=O)Nc1cncc(F)c1. The van der Waals surface area contributed by atoms with E-state index in [1.54, 1.807) is 0 Å². The molecule has 1 N–H and O–H groups in total. The molecule has 0 atom stereocenters. The van der Waals surface area contributed by atoms with Gasteiger partial charge in [-0.25, -0.2) is 9.18 Å². The van der Waals surface area contributed by atoms with Crippen molar-refractivity contribution in [3.8, 4) is 0 Å². The number of ether oxygens (including phenoxy) is 1. The van der Waals surface area contributed by atoms with Crippen LogP contribution < -0.4 is 5.32 Å². The van der Waals surface area contributed by atoms with E-state index in [-0.39, 0.29) is 5.69 Å². The minimum atomic E-state index is -0.598. The van der Waals surface area contributed by atoms with Gasteiger partial charge in [0.25, 0.3) is 0 Å². The van der Waals surface area contributed by atoms with Crippen LogP contribution in [-0.4, -0.2) is 17.7 Å². The van der Waals surface area contributed by atoms with Crippen LogP contribution in [0.4, 0.5) is 14.9 Å². The summed E-state index contributed by atoms with van der Waals surface area (Å²) in [5.74, 6) is -0.502. The van der Waals surface area contributed by atoms with Crippen molar-refractivity contribution in [1.82, 2.24) is 4.98 Å². The third kappa shape index (κ3) is 3.38. The van der Waals surface area contributed by atoms with Crippen molar-refractivity contribution < 1.29 is 13.9 Å². The van der Waals surface area contributed by atoms with Gasteiger partial charge in [-0.15, -0.1) is 0 Å². The van der Waals surface area contributed by atoms with E-state index in [4.69, 9.17) is 4.74 Å². The van der Waals surface area contributed by atoms with Crippen molar-refractivity contribution in [3.05, 3.63) is 24.3 Å². The first kappa shape index (κ1) is 10.4. The molecule has 0 saturated carbocycles. The van der Waals surface area contributed by atoms with Crippen LogP contribution in [0.15, 0.2) is 18.5 Å². The number of hydrogen-bond donors (Lipinski definition) is 1. The fraction of sp³-hybridized carbons (Fsp3) is 0.333. The highest BCUT2D eigenvalue weighted by molar-refractivity contribution is 5.84. The molecule has 0 unspecified atom stereocenters. The van der Waals surface area contributed by atoms with E-state index in [9.17, 15) is 9.18 Å². The van der Waals surface area contributed by atoms with Crippen molar-refractivity contribution in [2.75, 3.05) is 11.9 Å². The Morgan fingerprint density at radius 1 is 1.64 bits per heavy atom. The maximum Gasteiger partial charge on any atom is 0.411 e. The van der Waals surface area contributed by atoms with Crippen molar-refractivity contribution in [3.63, 3.8) is 0 Å². The molecule has 14 heavy (non-hydrogen) atoms. The van der Waals surface area contributed by atoms with Crippen LogP contribution >= 0.6 is 0 Å². The summed E-state index contributed by atoms with van der Waals surface area (Å²) in [7, 11) is 0. The van der Waals surface area contributed by atoms with Crippen molar-refractivity contribution >= 4 is 11.8 Å². The Morgan fingerprint density at radius 3 is 3.07 bits per heavy atom. The maximum absolute atomic E-state index is 12.6. The average molecular weight is 198 g/mol. The zero-order valence-corrected chi connectivity index (χ0v) is 7.79. The van der Waals surface area contributed by atoms with Crippen LogP contribution in [0, 0.1) is 5.82 Å². The largest absolute Gasteiger partial charge is 0.449 e. The zero-order valence-electron chi connectivity index (χ0n) is 7.79. The topological polar surface area (TPSA) is 51.2 Å².